The van der Waals surface area contributed by atoms with Crippen LogP contribution in [0.3, 0.4) is 0 Å². The minimum atomic E-state index is -1.23. The van der Waals surface area contributed by atoms with Crippen molar-refractivity contribution in [2.24, 2.45) is 7.05 Å². The summed E-state index contributed by atoms with van der Waals surface area (Å²) in [6.45, 7) is 2.59. The molecule has 0 radical (unpaired) electrons. The Kier molecular flexibility index (Phi) is 5.21. The lowest BCUT2D eigenvalue weighted by Crippen LogP contribution is -2.19. The van der Waals surface area contributed by atoms with Gasteiger partial charge in [0, 0.05) is 31.2 Å². The number of nitrogens with one attached hydrogen (secondary N) is 2. The van der Waals surface area contributed by atoms with Crippen molar-refractivity contribution in [2.45, 2.75) is 13.5 Å². The first-order valence-electron chi connectivity index (χ1n) is 8.40. The summed E-state index contributed by atoms with van der Waals surface area (Å²) >= 11 is 0. The number of carbonyl (C=O) groups is 3. The van der Waals surface area contributed by atoms with Crippen LogP contribution in [-0.2, 0) is 13.6 Å². The summed E-state index contributed by atoms with van der Waals surface area (Å²) in [5, 5.41) is 22.4. The van der Waals surface area contributed by atoms with E-state index in [1.807, 2.05) is 6.92 Å². The van der Waals surface area contributed by atoms with Crippen LogP contribution in [-0.4, -0.2) is 42.5 Å². The zero-order valence-electron chi connectivity index (χ0n) is 15.2. The highest BCUT2D eigenvalue weighted by Gasteiger charge is 2.21. The Bertz CT molecular complexity index is 1030. The van der Waals surface area contributed by atoms with Crippen LogP contribution in [0.2, 0.25) is 0 Å². The van der Waals surface area contributed by atoms with Crippen LogP contribution in [0.1, 0.15) is 38.3 Å². The number of hydrogen-bond acceptors (Lipinski definition) is 5. The van der Waals surface area contributed by atoms with Crippen molar-refractivity contribution >= 4 is 29.2 Å². The van der Waals surface area contributed by atoms with E-state index in [9.17, 15) is 14.4 Å². The van der Waals surface area contributed by atoms with Crippen molar-refractivity contribution in [1.82, 2.24) is 19.6 Å². The van der Waals surface area contributed by atoms with E-state index in [0.717, 1.165) is 6.20 Å². The van der Waals surface area contributed by atoms with Gasteiger partial charge in [-0.05, 0) is 37.3 Å². The molecule has 10 heteroatoms. The minimum Gasteiger partial charge on any atom is -0.478 e. The number of carboxylic acids is 1. The summed E-state index contributed by atoms with van der Waals surface area (Å²) in [5.74, 6) is -2.17. The second-order valence-electron chi connectivity index (χ2n) is 5.88. The fourth-order valence-corrected chi connectivity index (χ4v) is 2.54. The maximum Gasteiger partial charge on any atom is 0.339 e. The topological polar surface area (TPSA) is 131 Å². The van der Waals surface area contributed by atoms with Crippen LogP contribution in [0.5, 0.6) is 0 Å². The first-order valence-corrected chi connectivity index (χ1v) is 8.40. The smallest absolute Gasteiger partial charge is 0.339 e. The molecule has 2 heterocycles. The van der Waals surface area contributed by atoms with Crippen molar-refractivity contribution in [3.05, 3.63) is 59.7 Å². The van der Waals surface area contributed by atoms with Gasteiger partial charge in [0.15, 0.2) is 5.69 Å². The van der Waals surface area contributed by atoms with Gasteiger partial charge in [0.2, 0.25) is 0 Å². The third-order valence-corrected chi connectivity index (χ3v) is 3.98. The van der Waals surface area contributed by atoms with E-state index < -0.39 is 11.9 Å². The van der Waals surface area contributed by atoms with Crippen LogP contribution in [0.4, 0.5) is 11.4 Å². The van der Waals surface area contributed by atoms with E-state index in [4.69, 9.17) is 5.11 Å². The molecule has 0 saturated heterocycles. The third kappa shape index (κ3) is 3.90. The molecule has 144 valence electrons. The highest BCUT2D eigenvalue weighted by Crippen LogP contribution is 2.16. The second-order valence-corrected chi connectivity index (χ2v) is 5.88. The molecule has 28 heavy (non-hydrogen) atoms. The molecule has 0 spiro atoms. The molecule has 0 fully saturated rings. The Morgan fingerprint density at radius 3 is 2.18 bits per heavy atom. The molecule has 3 rings (SSSR count). The number of nitrogens with zero attached hydrogens (tertiary/aromatic N) is 4. The maximum absolute atomic E-state index is 12.4. The van der Waals surface area contributed by atoms with Crippen LogP contribution in [0.15, 0.2) is 42.7 Å². The lowest BCUT2D eigenvalue weighted by atomic mass is 10.2. The molecule has 2 aromatic heterocycles. The predicted octanol–water partition coefficient (Wildman–Crippen LogP) is 1.84. The molecule has 2 amide bonds. The number of benzene rings is 1. The molecular weight excluding hydrogens is 364 g/mol. The maximum atomic E-state index is 12.4. The normalized spacial score (nSPS) is 10.5. The second kappa shape index (κ2) is 7.74. The SMILES string of the molecule is CCn1ccc(C(=O)Nc2ccc(NC(=O)c3c(C(=O)O)cnn3C)cc2)n1. The number of aromatic nitrogens is 4. The first kappa shape index (κ1) is 18.8. The predicted molar refractivity (Wildman–Crippen MR) is 100 cm³/mol. The summed E-state index contributed by atoms with van der Waals surface area (Å²) in [7, 11) is 1.49. The van der Waals surface area contributed by atoms with Gasteiger partial charge in [-0.2, -0.15) is 10.2 Å². The van der Waals surface area contributed by atoms with Gasteiger partial charge in [0.1, 0.15) is 11.3 Å². The molecule has 10 nitrogen and oxygen atoms in total. The lowest BCUT2D eigenvalue weighted by molar-refractivity contribution is 0.0692. The summed E-state index contributed by atoms with van der Waals surface area (Å²) < 4.78 is 2.85. The van der Waals surface area contributed by atoms with Gasteiger partial charge in [0.05, 0.1) is 6.20 Å². The average molecular weight is 382 g/mol. The van der Waals surface area contributed by atoms with Gasteiger partial charge >= 0.3 is 5.97 Å². The highest BCUT2D eigenvalue weighted by molar-refractivity contribution is 6.09. The van der Waals surface area contributed by atoms with E-state index in [2.05, 4.69) is 20.8 Å². The molecule has 0 unspecified atom stereocenters. The van der Waals surface area contributed by atoms with E-state index in [1.54, 1.807) is 41.2 Å². The van der Waals surface area contributed by atoms with Crippen molar-refractivity contribution in [3.63, 3.8) is 0 Å². The molecule has 0 aliphatic rings. The number of aromatic carboxylic acids is 1. The van der Waals surface area contributed by atoms with Gasteiger partial charge in [-0.25, -0.2) is 4.79 Å². The molecule has 0 aliphatic carbocycles. The summed E-state index contributed by atoms with van der Waals surface area (Å²) in [5.41, 5.74) is 1.03. The number of aryl methyl sites for hydroxylation is 2. The number of carboxylic acid groups (broad SMARTS) is 1. The van der Waals surface area contributed by atoms with Gasteiger partial charge in [0.25, 0.3) is 11.8 Å². The number of anilines is 2. The summed E-state index contributed by atoms with van der Waals surface area (Å²) in [4.78, 5) is 35.8. The molecule has 0 bridgehead atoms. The fraction of sp³-hybridized carbons (Fsp3) is 0.167. The van der Waals surface area contributed by atoms with E-state index in [-0.39, 0.29) is 17.2 Å². The zero-order valence-corrected chi connectivity index (χ0v) is 15.2. The third-order valence-electron chi connectivity index (χ3n) is 3.98. The van der Waals surface area contributed by atoms with Crippen molar-refractivity contribution < 1.29 is 19.5 Å². The van der Waals surface area contributed by atoms with Crippen LogP contribution < -0.4 is 10.6 Å². The van der Waals surface area contributed by atoms with Gasteiger partial charge in [-0.15, -0.1) is 0 Å². The van der Waals surface area contributed by atoms with E-state index in [0.29, 0.717) is 23.6 Å². The first-order chi connectivity index (χ1) is 13.4. The molecule has 0 aliphatic heterocycles. The quantitative estimate of drug-likeness (QED) is 0.596. The van der Waals surface area contributed by atoms with Crippen LogP contribution in [0, 0.1) is 0 Å². The van der Waals surface area contributed by atoms with Crippen molar-refractivity contribution in [2.75, 3.05) is 10.6 Å². The van der Waals surface area contributed by atoms with Gasteiger partial charge in [-0.3, -0.25) is 19.0 Å². The monoisotopic (exact) mass is 382 g/mol. The number of amides is 2. The Labute approximate surface area is 159 Å². The molecule has 0 atom stereocenters. The zero-order chi connectivity index (χ0) is 20.3. The average Bonchev–Trinajstić information content (AvgIpc) is 3.30. The highest BCUT2D eigenvalue weighted by atomic mass is 16.4. The van der Waals surface area contributed by atoms with E-state index >= 15 is 0 Å². The Balaban J connectivity index is 1.68. The largest absolute Gasteiger partial charge is 0.478 e. The van der Waals surface area contributed by atoms with Crippen LogP contribution >= 0.6 is 0 Å². The van der Waals surface area contributed by atoms with Crippen LogP contribution in [0.25, 0.3) is 0 Å². The molecule has 3 aromatic rings. The Hall–Kier alpha value is -3.95. The summed E-state index contributed by atoms with van der Waals surface area (Å²) in [6.07, 6.45) is 2.84. The number of rotatable bonds is 6. The number of hydrogen-bond donors (Lipinski definition) is 3. The van der Waals surface area contributed by atoms with Crippen molar-refractivity contribution in [1.29, 1.82) is 0 Å². The van der Waals surface area contributed by atoms with Gasteiger partial charge in [-0.1, -0.05) is 0 Å². The molecule has 3 N–H and O–H groups in total. The Morgan fingerprint density at radius 2 is 1.64 bits per heavy atom. The fourth-order valence-electron chi connectivity index (χ4n) is 2.54. The molecule has 0 saturated carbocycles. The van der Waals surface area contributed by atoms with Crippen molar-refractivity contribution in [3.8, 4) is 0 Å². The standard InChI is InChI=1S/C18H18N6O4/c1-3-24-9-8-14(22-24)16(25)20-11-4-6-12(7-5-11)21-17(26)15-13(18(27)28)10-19-23(15)2/h4-10H,3H2,1-2H3,(H,20,25)(H,21,26)(H,27,28). The Morgan fingerprint density at radius 1 is 1.04 bits per heavy atom. The summed E-state index contributed by atoms with van der Waals surface area (Å²) in [6, 6.07) is 8.04. The number of carbonyl (C=O) groups excluding carboxylic acids is 2. The van der Waals surface area contributed by atoms with E-state index in [1.165, 1.54) is 11.7 Å². The molecular formula is C18H18N6O4. The minimum absolute atomic E-state index is 0.0589. The molecule has 1 aromatic carbocycles. The van der Waals surface area contributed by atoms with Gasteiger partial charge < -0.3 is 15.7 Å². The lowest BCUT2D eigenvalue weighted by Gasteiger charge is -2.08.